The van der Waals surface area contributed by atoms with Crippen molar-refractivity contribution in [2.24, 2.45) is 5.92 Å². The van der Waals surface area contributed by atoms with E-state index in [0.29, 0.717) is 16.6 Å². The van der Waals surface area contributed by atoms with E-state index < -0.39 is 0 Å². The van der Waals surface area contributed by atoms with Crippen LogP contribution in [0.1, 0.15) is 29.2 Å². The first kappa shape index (κ1) is 15.4. The average molecular weight is 327 g/mol. The van der Waals surface area contributed by atoms with Crippen LogP contribution >= 0.6 is 11.3 Å². The first-order valence-corrected chi connectivity index (χ1v) is 8.15. The molecule has 0 spiro atoms. The molecule has 0 bridgehead atoms. The third-order valence-corrected chi connectivity index (χ3v) is 4.06. The standard InChI is InChI=1S/C16H17N5OS/c1-11(2)9-14-19-20-16(23-14)18-15(22)12-3-5-13(6-4-12)21-8-7-17-10-21/h3-8,10-11H,9H2,1-2H3,(H,18,20,22). The van der Waals surface area contributed by atoms with E-state index in [-0.39, 0.29) is 5.91 Å². The van der Waals surface area contributed by atoms with Gasteiger partial charge in [0.05, 0.1) is 6.33 Å². The van der Waals surface area contributed by atoms with Gasteiger partial charge >= 0.3 is 0 Å². The lowest BCUT2D eigenvalue weighted by atomic mass is 10.1. The Labute approximate surface area is 138 Å². The van der Waals surface area contributed by atoms with Gasteiger partial charge in [0.15, 0.2) is 0 Å². The van der Waals surface area contributed by atoms with Crippen molar-refractivity contribution in [2.45, 2.75) is 20.3 Å². The molecule has 1 N–H and O–H groups in total. The van der Waals surface area contributed by atoms with Gasteiger partial charge in [-0.1, -0.05) is 25.2 Å². The first-order valence-electron chi connectivity index (χ1n) is 7.34. The molecule has 118 valence electrons. The molecule has 0 aliphatic rings. The van der Waals surface area contributed by atoms with Gasteiger partial charge < -0.3 is 4.57 Å². The minimum Gasteiger partial charge on any atom is -0.306 e. The molecule has 6 nitrogen and oxygen atoms in total. The minimum atomic E-state index is -0.186. The molecular weight excluding hydrogens is 310 g/mol. The Morgan fingerprint density at radius 3 is 2.70 bits per heavy atom. The van der Waals surface area contributed by atoms with Gasteiger partial charge in [-0.25, -0.2) is 4.98 Å². The first-order chi connectivity index (χ1) is 11.1. The summed E-state index contributed by atoms with van der Waals surface area (Å²) in [5, 5.41) is 12.4. The molecule has 0 aliphatic heterocycles. The van der Waals surface area contributed by atoms with E-state index in [9.17, 15) is 4.79 Å². The number of nitrogens with one attached hydrogen (secondary N) is 1. The number of amides is 1. The van der Waals surface area contributed by atoms with Crippen molar-refractivity contribution < 1.29 is 4.79 Å². The van der Waals surface area contributed by atoms with Crippen molar-refractivity contribution in [3.8, 4) is 5.69 Å². The van der Waals surface area contributed by atoms with E-state index in [2.05, 4.69) is 34.3 Å². The van der Waals surface area contributed by atoms with Gasteiger partial charge in [0.2, 0.25) is 5.13 Å². The zero-order valence-electron chi connectivity index (χ0n) is 12.9. The number of benzene rings is 1. The number of imidazole rings is 1. The molecule has 0 saturated carbocycles. The van der Waals surface area contributed by atoms with E-state index in [1.54, 1.807) is 24.7 Å². The molecule has 0 saturated heterocycles. The number of hydrogen-bond donors (Lipinski definition) is 1. The Kier molecular flexibility index (Phi) is 4.47. The van der Waals surface area contributed by atoms with Gasteiger partial charge in [-0.05, 0) is 30.2 Å². The number of carbonyl (C=O) groups excluding carboxylic acids is 1. The molecule has 3 rings (SSSR count). The SMILES string of the molecule is CC(C)Cc1nnc(NC(=O)c2ccc(-n3ccnc3)cc2)s1. The number of aromatic nitrogens is 4. The van der Waals surface area contributed by atoms with Crippen LogP contribution in [-0.2, 0) is 6.42 Å². The minimum absolute atomic E-state index is 0.186. The van der Waals surface area contributed by atoms with Crippen LogP contribution in [0.3, 0.4) is 0 Å². The summed E-state index contributed by atoms with van der Waals surface area (Å²) in [7, 11) is 0. The van der Waals surface area contributed by atoms with Crippen LogP contribution in [0.5, 0.6) is 0 Å². The van der Waals surface area contributed by atoms with Crippen molar-refractivity contribution in [1.82, 2.24) is 19.7 Å². The monoisotopic (exact) mass is 327 g/mol. The van der Waals surface area contributed by atoms with Crippen molar-refractivity contribution >= 4 is 22.4 Å². The topological polar surface area (TPSA) is 72.7 Å². The molecule has 1 amide bonds. The van der Waals surface area contributed by atoms with Crippen molar-refractivity contribution in [1.29, 1.82) is 0 Å². The fourth-order valence-corrected chi connectivity index (χ4v) is 3.05. The van der Waals surface area contributed by atoms with Crippen molar-refractivity contribution in [2.75, 3.05) is 5.32 Å². The number of anilines is 1. The highest BCUT2D eigenvalue weighted by Crippen LogP contribution is 2.19. The quantitative estimate of drug-likeness (QED) is 0.781. The number of hydrogen-bond acceptors (Lipinski definition) is 5. The summed E-state index contributed by atoms with van der Waals surface area (Å²) in [5.41, 5.74) is 1.53. The summed E-state index contributed by atoms with van der Waals surface area (Å²) < 4.78 is 1.88. The number of carbonyl (C=O) groups is 1. The Morgan fingerprint density at radius 1 is 1.26 bits per heavy atom. The van der Waals surface area contributed by atoms with Gasteiger partial charge in [0.25, 0.3) is 5.91 Å². The molecule has 2 aromatic heterocycles. The van der Waals surface area contributed by atoms with Crippen LogP contribution in [0, 0.1) is 5.92 Å². The molecule has 0 fully saturated rings. The number of rotatable bonds is 5. The van der Waals surface area contributed by atoms with Gasteiger partial charge in [-0.3, -0.25) is 10.1 Å². The molecule has 3 aromatic rings. The lowest BCUT2D eigenvalue weighted by Gasteiger charge is -2.04. The van der Waals surface area contributed by atoms with Crippen molar-refractivity contribution in [3.05, 3.63) is 53.6 Å². The van der Waals surface area contributed by atoms with Crippen LogP contribution in [0.15, 0.2) is 43.0 Å². The highest BCUT2D eigenvalue weighted by Gasteiger charge is 2.11. The summed E-state index contributed by atoms with van der Waals surface area (Å²) in [5.74, 6) is 0.330. The fraction of sp³-hybridized carbons (Fsp3) is 0.250. The smallest absolute Gasteiger partial charge is 0.257 e. The molecule has 1 aromatic carbocycles. The van der Waals surface area contributed by atoms with Gasteiger partial charge in [0, 0.05) is 30.1 Å². The van der Waals surface area contributed by atoms with Gasteiger partial charge in [-0.15, -0.1) is 10.2 Å². The highest BCUT2D eigenvalue weighted by atomic mass is 32.1. The summed E-state index contributed by atoms with van der Waals surface area (Å²) in [6, 6.07) is 7.31. The van der Waals surface area contributed by atoms with E-state index >= 15 is 0 Å². The summed E-state index contributed by atoms with van der Waals surface area (Å²) in [6.07, 6.45) is 6.15. The molecule has 0 radical (unpaired) electrons. The van der Waals surface area contributed by atoms with Crippen LogP contribution in [0.4, 0.5) is 5.13 Å². The fourth-order valence-electron chi connectivity index (χ4n) is 2.10. The van der Waals surface area contributed by atoms with Gasteiger partial charge in [-0.2, -0.15) is 0 Å². The molecule has 0 aliphatic carbocycles. The zero-order valence-corrected chi connectivity index (χ0v) is 13.7. The average Bonchev–Trinajstić information content (AvgIpc) is 3.19. The van der Waals surface area contributed by atoms with Gasteiger partial charge in [0.1, 0.15) is 5.01 Å². The summed E-state index contributed by atoms with van der Waals surface area (Å²) in [6.45, 7) is 4.25. The predicted octanol–water partition coefficient (Wildman–Crippen LogP) is 3.17. The van der Waals surface area contributed by atoms with Crippen LogP contribution < -0.4 is 5.32 Å². The third kappa shape index (κ3) is 3.81. The molecule has 2 heterocycles. The van der Waals surface area contributed by atoms with Crippen LogP contribution in [-0.4, -0.2) is 25.7 Å². The van der Waals surface area contributed by atoms with E-state index in [1.165, 1.54) is 11.3 Å². The summed E-state index contributed by atoms with van der Waals surface area (Å²) in [4.78, 5) is 16.3. The Balaban J connectivity index is 1.67. The number of nitrogens with zero attached hydrogens (tertiary/aromatic N) is 4. The molecule has 0 unspecified atom stereocenters. The largest absolute Gasteiger partial charge is 0.306 e. The second-order valence-corrected chi connectivity index (χ2v) is 6.63. The zero-order chi connectivity index (χ0) is 16.2. The van der Waals surface area contributed by atoms with Crippen molar-refractivity contribution in [3.63, 3.8) is 0 Å². The Bertz CT molecular complexity index is 777. The Morgan fingerprint density at radius 2 is 2.04 bits per heavy atom. The second-order valence-electron chi connectivity index (χ2n) is 5.57. The molecule has 7 heteroatoms. The van der Waals surface area contributed by atoms with E-state index in [4.69, 9.17) is 0 Å². The maximum Gasteiger partial charge on any atom is 0.257 e. The molecular formula is C16H17N5OS. The van der Waals surface area contributed by atoms with E-state index in [0.717, 1.165) is 17.1 Å². The van der Waals surface area contributed by atoms with E-state index in [1.807, 2.05) is 22.9 Å². The maximum absolute atomic E-state index is 12.3. The molecule has 23 heavy (non-hydrogen) atoms. The molecule has 0 atom stereocenters. The Hall–Kier alpha value is -2.54. The predicted molar refractivity (Wildman–Crippen MR) is 90.0 cm³/mol. The normalized spacial score (nSPS) is 10.9. The second kappa shape index (κ2) is 6.70. The highest BCUT2D eigenvalue weighted by molar-refractivity contribution is 7.15. The van der Waals surface area contributed by atoms with Crippen LogP contribution in [0.2, 0.25) is 0 Å². The van der Waals surface area contributed by atoms with Crippen LogP contribution in [0.25, 0.3) is 5.69 Å². The lowest BCUT2D eigenvalue weighted by molar-refractivity contribution is 0.102. The third-order valence-electron chi connectivity index (χ3n) is 3.20. The summed E-state index contributed by atoms with van der Waals surface area (Å²) >= 11 is 1.42. The maximum atomic E-state index is 12.3. The lowest BCUT2D eigenvalue weighted by Crippen LogP contribution is -2.11.